The molecule has 0 saturated heterocycles. The van der Waals surface area contributed by atoms with Crippen LogP contribution in [0, 0.1) is 0 Å². The molecule has 1 amide bonds. The number of ether oxygens (including phenoxy) is 2. The van der Waals surface area contributed by atoms with E-state index in [1.807, 2.05) is 0 Å². The molecule has 0 atom stereocenters. The third-order valence-electron chi connectivity index (χ3n) is 2.21. The minimum Gasteiger partial charge on any atom is -0.466 e. The molecule has 21 heavy (non-hydrogen) atoms. The largest absolute Gasteiger partial charge is 0.466 e. The Hall–Kier alpha value is -1.80. The van der Waals surface area contributed by atoms with E-state index in [0.717, 1.165) is 0 Å². The second kappa shape index (κ2) is 9.19. The third kappa shape index (κ3) is 9.69. The molecule has 0 rings (SSSR count). The fourth-order valence-corrected chi connectivity index (χ4v) is 1.42. The van der Waals surface area contributed by atoms with Crippen molar-refractivity contribution in [1.29, 1.82) is 0 Å². The summed E-state index contributed by atoms with van der Waals surface area (Å²) in [6, 6.07) is 0. The van der Waals surface area contributed by atoms with Crippen LogP contribution in [0.1, 0.15) is 26.7 Å². The van der Waals surface area contributed by atoms with Gasteiger partial charge in [0.2, 0.25) is 5.91 Å². The summed E-state index contributed by atoms with van der Waals surface area (Å²) >= 11 is 0. The first kappa shape index (κ1) is 19.2. The zero-order chi connectivity index (χ0) is 16.5. The maximum Gasteiger partial charge on any atom is 0.406 e. The molecule has 0 aliphatic heterocycles. The van der Waals surface area contributed by atoms with Crippen molar-refractivity contribution in [3.8, 4) is 0 Å². The van der Waals surface area contributed by atoms with Crippen molar-refractivity contribution in [3.63, 3.8) is 0 Å². The normalized spacial score (nSPS) is 10.9. The highest BCUT2D eigenvalue weighted by Crippen LogP contribution is 2.17. The number of halogens is 3. The maximum atomic E-state index is 12.4. The minimum atomic E-state index is -4.63. The fourth-order valence-electron chi connectivity index (χ4n) is 1.42. The molecule has 122 valence electrons. The molecule has 0 aliphatic carbocycles. The van der Waals surface area contributed by atoms with E-state index in [0.29, 0.717) is 4.90 Å². The summed E-state index contributed by atoms with van der Waals surface area (Å²) in [7, 11) is 0. The molecule has 0 radical (unpaired) electrons. The Morgan fingerprint density at radius 1 is 1.00 bits per heavy atom. The average molecular weight is 313 g/mol. The molecule has 0 spiro atoms. The van der Waals surface area contributed by atoms with Crippen LogP contribution < -0.4 is 0 Å². The maximum absolute atomic E-state index is 12.4. The molecule has 0 heterocycles. The van der Waals surface area contributed by atoms with Gasteiger partial charge >= 0.3 is 18.1 Å². The van der Waals surface area contributed by atoms with Crippen LogP contribution >= 0.6 is 0 Å². The van der Waals surface area contributed by atoms with Crippen molar-refractivity contribution >= 4 is 17.8 Å². The smallest absolute Gasteiger partial charge is 0.406 e. The molecule has 0 bridgehead atoms. The van der Waals surface area contributed by atoms with Gasteiger partial charge in [-0.2, -0.15) is 13.2 Å². The Morgan fingerprint density at radius 3 is 2.00 bits per heavy atom. The van der Waals surface area contributed by atoms with Crippen molar-refractivity contribution < 1.29 is 37.0 Å². The Morgan fingerprint density at radius 2 is 1.52 bits per heavy atom. The Bertz CT molecular complexity index is 370. The van der Waals surface area contributed by atoms with Crippen LogP contribution in [0.15, 0.2) is 0 Å². The van der Waals surface area contributed by atoms with Gasteiger partial charge in [0.1, 0.15) is 13.0 Å². The number of hydrogen-bond acceptors (Lipinski definition) is 5. The number of amides is 1. The van der Waals surface area contributed by atoms with Gasteiger partial charge in [-0.05, 0) is 13.8 Å². The molecule has 0 N–H and O–H groups in total. The van der Waals surface area contributed by atoms with Crippen LogP contribution in [0.25, 0.3) is 0 Å². The number of rotatable bonds is 8. The van der Waals surface area contributed by atoms with Crippen molar-refractivity contribution in [3.05, 3.63) is 0 Å². The summed E-state index contributed by atoms with van der Waals surface area (Å²) in [5, 5.41) is 0. The average Bonchev–Trinajstić information content (AvgIpc) is 2.33. The highest BCUT2D eigenvalue weighted by Gasteiger charge is 2.33. The number of carbonyl (C=O) groups is 3. The second-order valence-electron chi connectivity index (χ2n) is 3.97. The molecule has 0 aromatic carbocycles. The summed E-state index contributed by atoms with van der Waals surface area (Å²) in [4.78, 5) is 34.3. The lowest BCUT2D eigenvalue weighted by atomic mass is 10.3. The first-order valence-electron chi connectivity index (χ1n) is 6.35. The van der Waals surface area contributed by atoms with Crippen molar-refractivity contribution in [1.82, 2.24) is 4.90 Å². The second-order valence-corrected chi connectivity index (χ2v) is 3.97. The summed E-state index contributed by atoms with van der Waals surface area (Å²) in [6.07, 6.45) is -5.80. The van der Waals surface area contributed by atoms with Crippen LogP contribution in [-0.4, -0.2) is 55.2 Å². The number of nitrogens with zero attached hydrogens (tertiary/aromatic N) is 1. The van der Waals surface area contributed by atoms with Gasteiger partial charge in [-0.25, -0.2) is 0 Å². The number of carbonyl (C=O) groups excluding carboxylic acids is 3. The Balaban J connectivity index is 4.61. The van der Waals surface area contributed by atoms with Gasteiger partial charge in [0.15, 0.2) is 0 Å². The van der Waals surface area contributed by atoms with E-state index in [2.05, 4.69) is 9.47 Å². The SMILES string of the molecule is CCOC(=O)CCN(CC(F)(F)F)C(=O)CC(=O)OCC. The van der Waals surface area contributed by atoms with Crippen molar-refractivity contribution in [2.24, 2.45) is 0 Å². The van der Waals surface area contributed by atoms with E-state index in [-0.39, 0.29) is 19.6 Å². The molecule has 0 aliphatic rings. The van der Waals surface area contributed by atoms with Crippen LogP contribution in [0.5, 0.6) is 0 Å². The molecule has 0 fully saturated rings. The molecule has 0 aromatic heterocycles. The lowest BCUT2D eigenvalue weighted by Crippen LogP contribution is -2.41. The summed E-state index contributed by atoms with van der Waals surface area (Å²) in [5.41, 5.74) is 0. The minimum absolute atomic E-state index is 0.0220. The standard InChI is InChI=1S/C12H18F3NO5/c1-3-20-10(18)5-6-16(8-12(13,14)15)9(17)7-11(19)21-4-2/h3-8H2,1-2H3. The monoisotopic (exact) mass is 313 g/mol. The van der Waals surface area contributed by atoms with Crippen molar-refractivity contribution in [2.45, 2.75) is 32.9 Å². The fraction of sp³-hybridized carbons (Fsp3) is 0.750. The summed E-state index contributed by atoms with van der Waals surface area (Å²) < 4.78 is 46.3. The van der Waals surface area contributed by atoms with Crippen LogP contribution in [0.2, 0.25) is 0 Å². The number of hydrogen-bond donors (Lipinski definition) is 0. The van der Waals surface area contributed by atoms with Crippen LogP contribution in [-0.2, 0) is 23.9 Å². The Kier molecular flexibility index (Phi) is 8.41. The zero-order valence-corrected chi connectivity index (χ0v) is 11.9. The summed E-state index contributed by atoms with van der Waals surface area (Å²) in [6.45, 7) is 1.16. The predicted octanol–water partition coefficient (Wildman–Crippen LogP) is 1.28. The quantitative estimate of drug-likeness (QED) is 0.498. The molecule has 9 heteroatoms. The summed E-state index contributed by atoms with van der Waals surface area (Å²) in [5.74, 6) is -2.67. The zero-order valence-electron chi connectivity index (χ0n) is 11.9. The van der Waals surface area contributed by atoms with E-state index >= 15 is 0 Å². The van der Waals surface area contributed by atoms with Crippen LogP contribution in [0.4, 0.5) is 13.2 Å². The molecule has 0 aromatic rings. The topological polar surface area (TPSA) is 72.9 Å². The van der Waals surface area contributed by atoms with E-state index < -0.39 is 43.5 Å². The highest BCUT2D eigenvalue weighted by atomic mass is 19.4. The lowest BCUT2D eigenvalue weighted by Gasteiger charge is -2.23. The van der Waals surface area contributed by atoms with Crippen molar-refractivity contribution in [2.75, 3.05) is 26.3 Å². The first-order valence-corrected chi connectivity index (χ1v) is 6.35. The number of alkyl halides is 3. The molecule has 0 saturated carbocycles. The van der Waals surface area contributed by atoms with Gasteiger partial charge in [-0.3, -0.25) is 14.4 Å². The Labute approximate surface area is 120 Å². The van der Waals surface area contributed by atoms with E-state index in [9.17, 15) is 27.6 Å². The van der Waals surface area contributed by atoms with Gasteiger partial charge in [-0.1, -0.05) is 0 Å². The highest BCUT2D eigenvalue weighted by molar-refractivity contribution is 5.94. The number of esters is 2. The predicted molar refractivity (Wildman–Crippen MR) is 65.1 cm³/mol. The first-order chi connectivity index (χ1) is 9.69. The van der Waals surface area contributed by atoms with Gasteiger partial charge in [0, 0.05) is 6.54 Å². The molecular formula is C12H18F3NO5. The molecular weight excluding hydrogens is 295 g/mol. The molecule has 6 nitrogen and oxygen atoms in total. The van der Waals surface area contributed by atoms with E-state index in [1.54, 1.807) is 6.92 Å². The van der Waals surface area contributed by atoms with Gasteiger partial charge in [0.05, 0.1) is 19.6 Å². The van der Waals surface area contributed by atoms with Gasteiger partial charge in [-0.15, -0.1) is 0 Å². The lowest BCUT2D eigenvalue weighted by molar-refractivity contribution is -0.165. The van der Waals surface area contributed by atoms with Gasteiger partial charge in [0.25, 0.3) is 0 Å². The van der Waals surface area contributed by atoms with Gasteiger partial charge < -0.3 is 14.4 Å². The van der Waals surface area contributed by atoms with Crippen LogP contribution in [0.3, 0.4) is 0 Å². The van der Waals surface area contributed by atoms with E-state index in [1.165, 1.54) is 6.92 Å². The van der Waals surface area contributed by atoms with E-state index in [4.69, 9.17) is 0 Å². The third-order valence-corrected chi connectivity index (χ3v) is 2.21. The molecule has 0 unspecified atom stereocenters.